The van der Waals surface area contributed by atoms with Crippen molar-refractivity contribution >= 4 is 44.4 Å². The van der Waals surface area contributed by atoms with Crippen molar-refractivity contribution < 1.29 is 4.42 Å². The third-order valence-corrected chi connectivity index (χ3v) is 10.2. The van der Waals surface area contributed by atoms with Gasteiger partial charge in [-0.05, 0) is 68.4 Å². The van der Waals surface area contributed by atoms with E-state index in [1.165, 1.54) is 27.5 Å². The second kappa shape index (κ2) is 12.9. The summed E-state index contributed by atoms with van der Waals surface area (Å²) in [5, 5.41) is 8.27. The fraction of sp³-hybridized carbons (Fsp3) is 0.0204. The van der Waals surface area contributed by atoms with Crippen molar-refractivity contribution in [3.05, 3.63) is 205 Å². The lowest BCUT2D eigenvalue weighted by Gasteiger charge is -2.24. The molecule has 9 aromatic rings. The smallest absolute Gasteiger partial charge is 0.159 e. The highest BCUT2D eigenvalue weighted by atomic mass is 16.3. The SMILES string of the molecule is c1ccc(-c2ccc(C3=NC(c4cccc5oc6ccc(-c7ccc8ccccc8c7)cc6c45)NC(c4ccc(-c5ccccc5)cc4)=N3)cc2)cc1. The predicted molar refractivity (Wildman–Crippen MR) is 219 cm³/mol. The third kappa shape index (κ3) is 5.77. The molecule has 1 aliphatic heterocycles. The number of furan rings is 1. The number of hydrogen-bond donors (Lipinski definition) is 1. The van der Waals surface area contributed by atoms with Crippen LogP contribution in [0.2, 0.25) is 0 Å². The molecule has 1 atom stereocenters. The van der Waals surface area contributed by atoms with Gasteiger partial charge in [-0.3, -0.25) is 0 Å². The molecule has 10 rings (SSSR count). The summed E-state index contributed by atoms with van der Waals surface area (Å²) in [5.41, 5.74) is 11.6. The zero-order chi connectivity index (χ0) is 35.1. The Morgan fingerprint density at radius 2 is 0.981 bits per heavy atom. The Kier molecular flexibility index (Phi) is 7.51. The lowest BCUT2D eigenvalue weighted by Crippen LogP contribution is -2.33. The lowest BCUT2D eigenvalue weighted by atomic mass is 9.98. The summed E-state index contributed by atoms with van der Waals surface area (Å²) >= 11 is 0. The van der Waals surface area contributed by atoms with Crippen LogP contribution >= 0.6 is 0 Å². The van der Waals surface area contributed by atoms with Gasteiger partial charge in [0.25, 0.3) is 0 Å². The number of fused-ring (bicyclic) bond motifs is 4. The van der Waals surface area contributed by atoms with Gasteiger partial charge in [0.2, 0.25) is 0 Å². The summed E-state index contributed by atoms with van der Waals surface area (Å²) in [6, 6.07) is 65.8. The molecule has 0 saturated carbocycles. The molecule has 1 aliphatic rings. The van der Waals surface area contributed by atoms with Crippen molar-refractivity contribution in [1.29, 1.82) is 0 Å². The van der Waals surface area contributed by atoms with E-state index >= 15 is 0 Å². The molecular formula is C49H33N3O. The molecule has 250 valence electrons. The number of amidine groups is 2. The van der Waals surface area contributed by atoms with Crippen LogP contribution in [0.25, 0.3) is 66.1 Å². The monoisotopic (exact) mass is 679 g/mol. The molecule has 0 saturated heterocycles. The Balaban J connectivity index is 1.08. The van der Waals surface area contributed by atoms with Gasteiger partial charge in [0.15, 0.2) is 5.84 Å². The van der Waals surface area contributed by atoms with Crippen molar-refractivity contribution in [3.63, 3.8) is 0 Å². The molecule has 0 spiro atoms. The lowest BCUT2D eigenvalue weighted by molar-refractivity contribution is 0.662. The molecular weight excluding hydrogens is 647 g/mol. The Bertz CT molecular complexity index is 2830. The molecule has 1 aromatic heterocycles. The van der Waals surface area contributed by atoms with Crippen molar-refractivity contribution in [2.75, 3.05) is 0 Å². The maximum atomic E-state index is 6.47. The van der Waals surface area contributed by atoms with Crippen LogP contribution in [0.1, 0.15) is 22.9 Å². The minimum Gasteiger partial charge on any atom is -0.456 e. The summed E-state index contributed by atoms with van der Waals surface area (Å²) < 4.78 is 6.47. The molecule has 0 fully saturated rings. The average molecular weight is 680 g/mol. The van der Waals surface area contributed by atoms with Crippen LogP contribution in [0.5, 0.6) is 0 Å². The fourth-order valence-electron chi connectivity index (χ4n) is 7.41. The molecule has 0 amide bonds. The van der Waals surface area contributed by atoms with Crippen molar-refractivity contribution in [3.8, 4) is 33.4 Å². The van der Waals surface area contributed by atoms with Gasteiger partial charge in [-0.1, -0.05) is 164 Å². The van der Waals surface area contributed by atoms with Crippen molar-refractivity contribution in [2.24, 2.45) is 9.98 Å². The Hall–Kier alpha value is -7.04. The second-order valence-corrected chi connectivity index (χ2v) is 13.4. The van der Waals surface area contributed by atoms with E-state index in [1.54, 1.807) is 0 Å². The van der Waals surface area contributed by atoms with E-state index in [1.807, 2.05) is 18.2 Å². The predicted octanol–water partition coefficient (Wildman–Crippen LogP) is 12.2. The second-order valence-electron chi connectivity index (χ2n) is 13.4. The van der Waals surface area contributed by atoms with Gasteiger partial charge >= 0.3 is 0 Å². The van der Waals surface area contributed by atoms with Crippen LogP contribution in [-0.2, 0) is 0 Å². The molecule has 2 heterocycles. The zero-order valence-electron chi connectivity index (χ0n) is 28.8. The van der Waals surface area contributed by atoms with E-state index in [-0.39, 0.29) is 0 Å². The van der Waals surface area contributed by atoms with E-state index < -0.39 is 6.17 Å². The summed E-state index contributed by atoms with van der Waals surface area (Å²) in [6.07, 6.45) is -0.408. The van der Waals surface area contributed by atoms with Crippen LogP contribution < -0.4 is 5.32 Å². The van der Waals surface area contributed by atoms with E-state index in [0.29, 0.717) is 5.84 Å². The Morgan fingerprint density at radius 3 is 1.70 bits per heavy atom. The van der Waals surface area contributed by atoms with E-state index in [4.69, 9.17) is 14.4 Å². The van der Waals surface area contributed by atoms with Crippen LogP contribution in [0.3, 0.4) is 0 Å². The van der Waals surface area contributed by atoms with Crippen LogP contribution in [0, 0.1) is 0 Å². The standard InChI is InChI=1S/C49H33N3O/c1-3-10-32(11-4-1)35-18-23-37(24-19-35)47-50-48(38-25-20-36(21-26-38)33-12-5-2-6-13-33)52-49(51-47)42-16-9-17-45-46(42)43-31-41(28-29-44(43)53-45)40-27-22-34-14-7-8-15-39(34)30-40/h1-31,49H,(H,50,51,52). The number of hydrogen-bond acceptors (Lipinski definition) is 4. The van der Waals surface area contributed by atoms with Gasteiger partial charge in [-0.2, -0.15) is 0 Å². The van der Waals surface area contributed by atoms with Gasteiger partial charge in [0, 0.05) is 27.5 Å². The molecule has 53 heavy (non-hydrogen) atoms. The first-order valence-corrected chi connectivity index (χ1v) is 17.9. The highest BCUT2D eigenvalue weighted by molar-refractivity contribution is 6.14. The average Bonchev–Trinajstić information content (AvgIpc) is 3.62. The first kappa shape index (κ1) is 30.8. The number of nitrogens with one attached hydrogen (secondary N) is 1. The van der Waals surface area contributed by atoms with E-state index in [0.717, 1.165) is 61.2 Å². The normalized spacial score (nSPS) is 14.2. The molecule has 1 unspecified atom stereocenters. The summed E-state index contributed by atoms with van der Waals surface area (Å²) in [6.45, 7) is 0. The number of benzene rings is 8. The fourth-order valence-corrected chi connectivity index (χ4v) is 7.41. The first-order chi connectivity index (χ1) is 26.2. The largest absolute Gasteiger partial charge is 0.456 e. The molecule has 8 aromatic carbocycles. The Labute approximate surface area is 307 Å². The molecule has 0 bridgehead atoms. The maximum absolute atomic E-state index is 6.47. The van der Waals surface area contributed by atoms with Gasteiger partial charge < -0.3 is 9.73 Å². The van der Waals surface area contributed by atoms with Crippen LogP contribution in [-0.4, -0.2) is 11.7 Å². The number of rotatable bonds is 6. The number of nitrogens with zero attached hydrogens (tertiary/aromatic N) is 2. The van der Waals surface area contributed by atoms with Gasteiger partial charge in [-0.15, -0.1) is 0 Å². The first-order valence-electron chi connectivity index (χ1n) is 17.9. The van der Waals surface area contributed by atoms with Crippen LogP contribution in [0.15, 0.2) is 202 Å². The summed E-state index contributed by atoms with van der Waals surface area (Å²) in [4.78, 5) is 10.4. The molecule has 4 heteroatoms. The summed E-state index contributed by atoms with van der Waals surface area (Å²) in [7, 11) is 0. The van der Waals surface area contributed by atoms with E-state index in [9.17, 15) is 0 Å². The number of aliphatic imine (C=N–C) groups is 2. The molecule has 0 radical (unpaired) electrons. The highest BCUT2D eigenvalue weighted by Crippen LogP contribution is 2.38. The molecule has 4 nitrogen and oxygen atoms in total. The highest BCUT2D eigenvalue weighted by Gasteiger charge is 2.25. The van der Waals surface area contributed by atoms with Gasteiger partial charge in [0.05, 0.1) is 0 Å². The minimum absolute atomic E-state index is 0.408. The van der Waals surface area contributed by atoms with Gasteiger partial charge in [-0.25, -0.2) is 9.98 Å². The summed E-state index contributed by atoms with van der Waals surface area (Å²) in [5.74, 6) is 1.45. The topological polar surface area (TPSA) is 49.9 Å². The van der Waals surface area contributed by atoms with Gasteiger partial charge in [0.1, 0.15) is 23.2 Å². The van der Waals surface area contributed by atoms with Crippen molar-refractivity contribution in [2.45, 2.75) is 6.17 Å². The third-order valence-electron chi connectivity index (χ3n) is 10.2. The Morgan fingerprint density at radius 1 is 0.415 bits per heavy atom. The van der Waals surface area contributed by atoms with Crippen molar-refractivity contribution in [1.82, 2.24) is 5.32 Å². The zero-order valence-corrected chi connectivity index (χ0v) is 28.8. The maximum Gasteiger partial charge on any atom is 0.159 e. The quantitative estimate of drug-likeness (QED) is 0.190. The molecule has 0 aliphatic carbocycles. The van der Waals surface area contributed by atoms with Crippen LogP contribution in [0.4, 0.5) is 0 Å². The minimum atomic E-state index is -0.408. The molecule has 1 N–H and O–H groups in total. The van der Waals surface area contributed by atoms with E-state index in [2.05, 4.69) is 175 Å².